The van der Waals surface area contributed by atoms with Crippen LogP contribution in [-0.4, -0.2) is 64.1 Å². The van der Waals surface area contributed by atoms with Gasteiger partial charge in [-0.1, -0.05) is 41.1 Å². The van der Waals surface area contributed by atoms with Crippen molar-refractivity contribution in [1.29, 1.82) is 0 Å². The maximum Gasteiger partial charge on any atom is 0.272 e. The van der Waals surface area contributed by atoms with Crippen LogP contribution >= 0.6 is 0 Å². The molecule has 33 heavy (non-hydrogen) atoms. The van der Waals surface area contributed by atoms with Crippen LogP contribution in [0.2, 0.25) is 0 Å². The van der Waals surface area contributed by atoms with Gasteiger partial charge in [0.1, 0.15) is 11.4 Å². The van der Waals surface area contributed by atoms with E-state index in [0.29, 0.717) is 37.0 Å². The molecule has 1 fully saturated rings. The van der Waals surface area contributed by atoms with Gasteiger partial charge < -0.3 is 14.2 Å². The zero-order valence-electron chi connectivity index (χ0n) is 18.7. The quantitative estimate of drug-likeness (QED) is 0.466. The fourth-order valence-corrected chi connectivity index (χ4v) is 3.95. The summed E-state index contributed by atoms with van der Waals surface area (Å²) in [4.78, 5) is 26.1. The normalized spacial score (nSPS) is 14.5. The summed E-state index contributed by atoms with van der Waals surface area (Å²) in [5, 5.41) is 5.05. The predicted octanol–water partition coefficient (Wildman–Crippen LogP) is 3.56. The van der Waals surface area contributed by atoms with Crippen molar-refractivity contribution in [3.63, 3.8) is 0 Å². The molecule has 0 N–H and O–H groups in total. The Balaban J connectivity index is 1.19. The molecule has 5 rings (SSSR count). The highest BCUT2D eigenvalue weighted by molar-refractivity contribution is 5.95. The highest BCUT2D eigenvalue weighted by atomic mass is 16.5. The van der Waals surface area contributed by atoms with E-state index < -0.39 is 0 Å². The van der Waals surface area contributed by atoms with Crippen molar-refractivity contribution in [1.82, 2.24) is 24.9 Å². The van der Waals surface area contributed by atoms with E-state index in [9.17, 15) is 4.79 Å². The number of methoxy groups -OCH3 is 1. The van der Waals surface area contributed by atoms with Gasteiger partial charge in [0.2, 0.25) is 11.7 Å². The maximum absolute atomic E-state index is 13.0. The Morgan fingerprint density at radius 3 is 2.55 bits per heavy atom. The van der Waals surface area contributed by atoms with Crippen LogP contribution in [0.4, 0.5) is 0 Å². The van der Waals surface area contributed by atoms with Crippen LogP contribution in [0.1, 0.15) is 21.9 Å². The molecule has 8 heteroatoms. The topological polar surface area (TPSA) is 84.6 Å². The lowest BCUT2D eigenvalue weighted by Crippen LogP contribution is -2.48. The second-order valence-corrected chi connectivity index (χ2v) is 8.20. The molecule has 0 atom stereocenters. The standard InChI is InChI=1S/C25H25N5O3/c1-17-3-5-18(6-4-17)24-27-23(33-28-24)16-29-11-13-30(14-12-29)25(31)22-9-7-19-15-20(32-2)8-10-21(19)26-22/h3-10,15H,11-14,16H2,1-2H3. The van der Waals surface area contributed by atoms with Gasteiger partial charge in [-0.3, -0.25) is 9.69 Å². The summed E-state index contributed by atoms with van der Waals surface area (Å²) >= 11 is 0. The van der Waals surface area contributed by atoms with Crippen molar-refractivity contribution >= 4 is 16.8 Å². The molecule has 1 aliphatic heterocycles. The monoisotopic (exact) mass is 443 g/mol. The molecule has 2 aromatic heterocycles. The Labute approximate surface area is 191 Å². The molecular formula is C25H25N5O3. The van der Waals surface area contributed by atoms with Crippen LogP contribution in [0.3, 0.4) is 0 Å². The second-order valence-electron chi connectivity index (χ2n) is 8.20. The van der Waals surface area contributed by atoms with Crippen molar-refractivity contribution in [2.75, 3.05) is 33.3 Å². The first-order chi connectivity index (χ1) is 16.1. The van der Waals surface area contributed by atoms with E-state index in [-0.39, 0.29) is 5.91 Å². The molecule has 168 valence electrons. The van der Waals surface area contributed by atoms with Gasteiger partial charge in [0, 0.05) is 37.1 Å². The van der Waals surface area contributed by atoms with E-state index in [0.717, 1.165) is 35.3 Å². The molecule has 0 aliphatic carbocycles. The molecule has 0 bridgehead atoms. The smallest absolute Gasteiger partial charge is 0.272 e. The van der Waals surface area contributed by atoms with Gasteiger partial charge in [0.15, 0.2) is 0 Å². The van der Waals surface area contributed by atoms with Crippen molar-refractivity contribution in [3.8, 4) is 17.1 Å². The van der Waals surface area contributed by atoms with Crippen LogP contribution in [0.25, 0.3) is 22.3 Å². The van der Waals surface area contributed by atoms with Gasteiger partial charge in [0.05, 0.1) is 19.2 Å². The number of ether oxygens (including phenoxy) is 1. The summed E-state index contributed by atoms with van der Waals surface area (Å²) < 4.78 is 10.7. The number of carbonyl (C=O) groups excluding carboxylic acids is 1. The minimum absolute atomic E-state index is 0.0492. The first kappa shape index (κ1) is 21.1. The summed E-state index contributed by atoms with van der Waals surface area (Å²) in [6.07, 6.45) is 0. The summed E-state index contributed by atoms with van der Waals surface area (Å²) in [6.45, 7) is 5.33. The fraction of sp³-hybridized carbons (Fsp3) is 0.280. The number of aromatic nitrogens is 3. The van der Waals surface area contributed by atoms with E-state index in [1.807, 2.05) is 60.4 Å². The van der Waals surface area contributed by atoms with Crippen molar-refractivity contribution < 1.29 is 14.1 Å². The number of benzene rings is 2. The van der Waals surface area contributed by atoms with Crippen LogP contribution < -0.4 is 4.74 Å². The summed E-state index contributed by atoms with van der Waals surface area (Å²) in [5.74, 6) is 1.90. The van der Waals surface area contributed by atoms with E-state index in [2.05, 4.69) is 20.0 Å². The lowest BCUT2D eigenvalue weighted by atomic mass is 10.1. The lowest BCUT2D eigenvalue weighted by Gasteiger charge is -2.33. The maximum atomic E-state index is 13.0. The number of aryl methyl sites for hydroxylation is 1. The Kier molecular flexibility index (Phi) is 5.75. The van der Waals surface area contributed by atoms with Gasteiger partial charge in [-0.25, -0.2) is 4.98 Å². The summed E-state index contributed by atoms with van der Waals surface area (Å²) in [5.41, 5.74) is 3.36. The molecule has 0 saturated carbocycles. The molecular weight excluding hydrogens is 418 g/mol. The van der Waals surface area contributed by atoms with E-state index in [1.54, 1.807) is 13.2 Å². The SMILES string of the molecule is COc1ccc2nc(C(=O)N3CCN(Cc4nc(-c5ccc(C)cc5)no4)CC3)ccc2c1. The number of hydrogen-bond donors (Lipinski definition) is 0. The van der Waals surface area contributed by atoms with Gasteiger partial charge in [-0.05, 0) is 31.2 Å². The minimum Gasteiger partial charge on any atom is -0.497 e. The Morgan fingerprint density at radius 1 is 1.00 bits per heavy atom. The number of pyridine rings is 1. The molecule has 1 amide bonds. The van der Waals surface area contributed by atoms with E-state index in [1.165, 1.54) is 5.56 Å². The molecule has 4 aromatic rings. The molecule has 2 aromatic carbocycles. The van der Waals surface area contributed by atoms with E-state index in [4.69, 9.17) is 9.26 Å². The van der Waals surface area contributed by atoms with Crippen LogP contribution in [0, 0.1) is 6.92 Å². The van der Waals surface area contributed by atoms with Crippen LogP contribution in [0.15, 0.2) is 59.1 Å². The number of piperazine rings is 1. The molecule has 0 unspecified atom stereocenters. The molecule has 3 heterocycles. The number of carbonyl (C=O) groups is 1. The third-order valence-corrected chi connectivity index (χ3v) is 5.91. The number of amides is 1. The van der Waals surface area contributed by atoms with Gasteiger partial charge in [0.25, 0.3) is 5.91 Å². The minimum atomic E-state index is -0.0492. The highest BCUT2D eigenvalue weighted by Crippen LogP contribution is 2.21. The molecule has 0 radical (unpaired) electrons. The first-order valence-corrected chi connectivity index (χ1v) is 10.9. The zero-order valence-corrected chi connectivity index (χ0v) is 18.7. The number of hydrogen-bond acceptors (Lipinski definition) is 7. The number of fused-ring (bicyclic) bond motifs is 1. The van der Waals surface area contributed by atoms with Gasteiger partial charge >= 0.3 is 0 Å². The van der Waals surface area contributed by atoms with E-state index >= 15 is 0 Å². The van der Waals surface area contributed by atoms with Gasteiger partial charge in [-0.15, -0.1) is 0 Å². The first-order valence-electron chi connectivity index (χ1n) is 10.9. The Morgan fingerprint density at radius 2 is 1.79 bits per heavy atom. The summed E-state index contributed by atoms with van der Waals surface area (Å²) in [7, 11) is 1.63. The van der Waals surface area contributed by atoms with Crippen LogP contribution in [0.5, 0.6) is 5.75 Å². The Bertz CT molecular complexity index is 1280. The molecule has 1 saturated heterocycles. The second kappa shape index (κ2) is 8.99. The zero-order chi connectivity index (χ0) is 22.8. The third kappa shape index (κ3) is 4.56. The van der Waals surface area contributed by atoms with Crippen molar-refractivity contribution in [2.24, 2.45) is 0 Å². The predicted molar refractivity (Wildman–Crippen MR) is 124 cm³/mol. The highest BCUT2D eigenvalue weighted by Gasteiger charge is 2.24. The average molecular weight is 444 g/mol. The molecule has 1 aliphatic rings. The number of nitrogens with zero attached hydrogens (tertiary/aromatic N) is 5. The lowest BCUT2D eigenvalue weighted by molar-refractivity contribution is 0.0610. The molecule has 0 spiro atoms. The Hall–Kier alpha value is -3.78. The third-order valence-electron chi connectivity index (χ3n) is 5.91. The molecule has 8 nitrogen and oxygen atoms in total. The van der Waals surface area contributed by atoms with Crippen molar-refractivity contribution in [2.45, 2.75) is 13.5 Å². The average Bonchev–Trinajstić information content (AvgIpc) is 3.32. The van der Waals surface area contributed by atoms with Gasteiger partial charge in [-0.2, -0.15) is 4.98 Å². The number of rotatable bonds is 5. The van der Waals surface area contributed by atoms with Crippen LogP contribution in [-0.2, 0) is 6.54 Å². The fourth-order valence-electron chi connectivity index (χ4n) is 3.95. The summed E-state index contributed by atoms with van der Waals surface area (Å²) in [6, 6.07) is 17.4. The largest absolute Gasteiger partial charge is 0.497 e. The van der Waals surface area contributed by atoms with Crippen molar-refractivity contribution in [3.05, 3.63) is 71.7 Å².